The van der Waals surface area contributed by atoms with Crippen LogP contribution in [0.2, 0.25) is 0 Å². The lowest BCUT2D eigenvalue weighted by atomic mass is 10.4. The quantitative estimate of drug-likeness (QED) is 0.752. The fourth-order valence-electron chi connectivity index (χ4n) is 1.95. The van der Waals surface area contributed by atoms with Gasteiger partial charge in [-0.15, -0.1) is 11.3 Å². The summed E-state index contributed by atoms with van der Waals surface area (Å²) in [5, 5.41) is 4.73. The predicted molar refractivity (Wildman–Crippen MR) is 83.0 cm³/mol. The maximum atomic E-state index is 4.60. The number of hydrogen-bond acceptors (Lipinski definition) is 5. The second kappa shape index (κ2) is 7.22. The molecule has 0 atom stereocenters. The number of likely N-dealkylation sites (N-methyl/N-ethyl adjacent to an activating group) is 1. The zero-order valence-corrected chi connectivity index (χ0v) is 13.2. The van der Waals surface area contributed by atoms with Gasteiger partial charge in [0.15, 0.2) is 5.13 Å². The van der Waals surface area contributed by atoms with Crippen molar-refractivity contribution in [2.24, 2.45) is 0 Å². The van der Waals surface area contributed by atoms with Crippen molar-refractivity contribution in [1.29, 1.82) is 0 Å². The molecule has 0 unspecified atom stereocenters. The molecule has 1 aromatic heterocycles. The molecule has 1 saturated carbocycles. The van der Waals surface area contributed by atoms with E-state index in [0.717, 1.165) is 32.2 Å². The van der Waals surface area contributed by atoms with Crippen LogP contribution in [0.5, 0.6) is 0 Å². The third-order valence-corrected chi connectivity index (χ3v) is 4.32. The van der Waals surface area contributed by atoms with Crippen molar-refractivity contribution >= 4 is 16.5 Å². The molecule has 4 nitrogen and oxygen atoms in total. The number of nitrogens with zero attached hydrogens (tertiary/aromatic N) is 3. The highest BCUT2D eigenvalue weighted by Gasteiger charge is 2.20. The van der Waals surface area contributed by atoms with Gasteiger partial charge in [-0.2, -0.15) is 0 Å². The summed E-state index contributed by atoms with van der Waals surface area (Å²) in [7, 11) is 4.24. The Bertz CT molecular complexity index is 373. The third kappa shape index (κ3) is 5.09. The maximum Gasteiger partial charge on any atom is 0.185 e. The molecule has 0 saturated heterocycles. The first-order chi connectivity index (χ1) is 9.19. The number of rotatable bonds is 9. The topological polar surface area (TPSA) is 31.4 Å². The zero-order valence-electron chi connectivity index (χ0n) is 12.4. The van der Waals surface area contributed by atoms with E-state index in [0.29, 0.717) is 0 Å². The highest BCUT2D eigenvalue weighted by Crippen LogP contribution is 2.24. The molecule has 2 rings (SSSR count). The van der Waals surface area contributed by atoms with Crippen molar-refractivity contribution in [1.82, 2.24) is 15.2 Å². The molecule has 1 heterocycles. The number of nitrogens with one attached hydrogen (secondary N) is 1. The molecule has 0 amide bonds. The van der Waals surface area contributed by atoms with Crippen molar-refractivity contribution in [2.75, 3.05) is 38.6 Å². The van der Waals surface area contributed by atoms with E-state index < -0.39 is 0 Å². The van der Waals surface area contributed by atoms with Gasteiger partial charge in [0, 0.05) is 43.3 Å². The standard InChI is InChI=1S/C14H26N4S/c1-4-7-18(9-8-17(2)3)14-16-11-13(19-14)10-15-12-5-6-12/h11-12,15H,4-10H2,1-3H3. The summed E-state index contributed by atoms with van der Waals surface area (Å²) in [6, 6.07) is 0.769. The summed E-state index contributed by atoms with van der Waals surface area (Å²) in [6.07, 6.45) is 5.89. The summed E-state index contributed by atoms with van der Waals surface area (Å²) in [5.74, 6) is 0. The molecule has 5 heteroatoms. The maximum absolute atomic E-state index is 4.60. The summed E-state index contributed by atoms with van der Waals surface area (Å²) < 4.78 is 0. The first kappa shape index (κ1) is 14.8. The summed E-state index contributed by atoms with van der Waals surface area (Å²) >= 11 is 1.84. The molecule has 0 aromatic carbocycles. The molecule has 0 radical (unpaired) electrons. The Morgan fingerprint density at radius 3 is 2.74 bits per heavy atom. The molecular formula is C14H26N4S. The van der Waals surface area contributed by atoms with Crippen LogP contribution in [0.3, 0.4) is 0 Å². The number of aromatic nitrogens is 1. The fourth-order valence-corrected chi connectivity index (χ4v) is 2.86. The molecule has 108 valence electrons. The molecule has 1 fully saturated rings. The normalized spacial score (nSPS) is 15.2. The third-order valence-electron chi connectivity index (χ3n) is 3.26. The van der Waals surface area contributed by atoms with E-state index >= 15 is 0 Å². The first-order valence-electron chi connectivity index (χ1n) is 7.26. The second-order valence-electron chi connectivity index (χ2n) is 5.55. The Kier molecular flexibility index (Phi) is 5.60. The van der Waals surface area contributed by atoms with Crippen molar-refractivity contribution in [3.05, 3.63) is 11.1 Å². The van der Waals surface area contributed by atoms with Gasteiger partial charge in [0.1, 0.15) is 0 Å². The molecule has 1 N–H and O–H groups in total. The highest BCUT2D eigenvalue weighted by atomic mass is 32.1. The van der Waals surface area contributed by atoms with Crippen molar-refractivity contribution in [3.63, 3.8) is 0 Å². The summed E-state index contributed by atoms with van der Waals surface area (Å²) in [5.41, 5.74) is 0. The van der Waals surface area contributed by atoms with E-state index in [2.05, 4.69) is 41.1 Å². The predicted octanol–water partition coefficient (Wildman–Crippen LogP) is 2.17. The minimum absolute atomic E-state index is 0.769. The van der Waals surface area contributed by atoms with Crippen molar-refractivity contribution < 1.29 is 0 Å². The lowest BCUT2D eigenvalue weighted by Gasteiger charge is -2.23. The molecule has 0 aliphatic heterocycles. The van der Waals surface area contributed by atoms with Gasteiger partial charge in [-0.25, -0.2) is 4.98 Å². The van der Waals surface area contributed by atoms with Crippen LogP contribution in [-0.2, 0) is 6.54 Å². The van der Waals surface area contributed by atoms with E-state index in [1.807, 2.05) is 17.5 Å². The van der Waals surface area contributed by atoms with Crippen LogP contribution in [0.25, 0.3) is 0 Å². The van der Waals surface area contributed by atoms with Crippen molar-refractivity contribution in [2.45, 2.75) is 38.8 Å². The van der Waals surface area contributed by atoms with E-state index in [9.17, 15) is 0 Å². The minimum Gasteiger partial charge on any atom is -0.347 e. The molecule has 19 heavy (non-hydrogen) atoms. The minimum atomic E-state index is 0.769. The van der Waals surface area contributed by atoms with E-state index in [4.69, 9.17) is 0 Å². The first-order valence-corrected chi connectivity index (χ1v) is 8.08. The monoisotopic (exact) mass is 282 g/mol. The van der Waals surface area contributed by atoms with Crippen LogP contribution < -0.4 is 10.2 Å². The van der Waals surface area contributed by atoms with Gasteiger partial charge >= 0.3 is 0 Å². The van der Waals surface area contributed by atoms with Crippen molar-refractivity contribution in [3.8, 4) is 0 Å². The second-order valence-corrected chi connectivity index (χ2v) is 6.65. The smallest absolute Gasteiger partial charge is 0.185 e. The molecule has 1 aliphatic carbocycles. The van der Waals surface area contributed by atoms with Gasteiger partial charge in [0.05, 0.1) is 0 Å². The van der Waals surface area contributed by atoms with Crippen LogP contribution in [0.15, 0.2) is 6.20 Å². The van der Waals surface area contributed by atoms with Gasteiger partial charge < -0.3 is 15.1 Å². The van der Waals surface area contributed by atoms with Gasteiger partial charge in [-0.1, -0.05) is 6.92 Å². The fraction of sp³-hybridized carbons (Fsp3) is 0.786. The van der Waals surface area contributed by atoms with Crippen LogP contribution >= 0.6 is 11.3 Å². The lowest BCUT2D eigenvalue weighted by molar-refractivity contribution is 0.413. The SMILES string of the molecule is CCCN(CCN(C)C)c1ncc(CNC2CC2)s1. The Morgan fingerprint density at radius 2 is 2.11 bits per heavy atom. The number of anilines is 1. The largest absolute Gasteiger partial charge is 0.347 e. The Morgan fingerprint density at radius 1 is 1.32 bits per heavy atom. The number of hydrogen-bond donors (Lipinski definition) is 1. The summed E-state index contributed by atoms with van der Waals surface area (Å²) in [6.45, 7) is 6.44. The average Bonchev–Trinajstić information content (AvgIpc) is 3.09. The molecule has 1 aromatic rings. The molecular weight excluding hydrogens is 256 g/mol. The molecule has 0 bridgehead atoms. The van der Waals surface area contributed by atoms with Gasteiger partial charge in [-0.3, -0.25) is 0 Å². The average molecular weight is 282 g/mol. The van der Waals surface area contributed by atoms with E-state index in [-0.39, 0.29) is 0 Å². The molecule has 0 spiro atoms. The molecule has 1 aliphatic rings. The van der Waals surface area contributed by atoms with Crippen LogP contribution in [0.1, 0.15) is 31.1 Å². The van der Waals surface area contributed by atoms with Gasteiger partial charge in [-0.05, 0) is 33.4 Å². The Labute approximate surface area is 120 Å². The van der Waals surface area contributed by atoms with E-state index in [1.54, 1.807) is 0 Å². The van der Waals surface area contributed by atoms with Crippen LogP contribution in [0, 0.1) is 0 Å². The van der Waals surface area contributed by atoms with Gasteiger partial charge in [0.25, 0.3) is 0 Å². The summed E-state index contributed by atoms with van der Waals surface area (Å²) in [4.78, 5) is 10.6. The van der Waals surface area contributed by atoms with E-state index in [1.165, 1.54) is 29.3 Å². The zero-order chi connectivity index (χ0) is 13.7. The van der Waals surface area contributed by atoms with Gasteiger partial charge in [0.2, 0.25) is 0 Å². The Hall–Kier alpha value is -0.650. The van der Waals surface area contributed by atoms with Crippen LogP contribution in [-0.4, -0.2) is 49.7 Å². The lowest BCUT2D eigenvalue weighted by Crippen LogP contribution is -2.32. The highest BCUT2D eigenvalue weighted by molar-refractivity contribution is 7.15. The van der Waals surface area contributed by atoms with Crippen LogP contribution in [0.4, 0.5) is 5.13 Å². The Balaban J connectivity index is 1.87. The number of thiazole rings is 1.